The molecule has 2 aromatic rings. The van der Waals surface area contributed by atoms with E-state index in [-0.39, 0.29) is 0 Å². The topological polar surface area (TPSA) is 121 Å². The molecule has 0 aromatic heterocycles. The van der Waals surface area contributed by atoms with Crippen molar-refractivity contribution in [2.75, 3.05) is 0 Å². The first-order chi connectivity index (χ1) is 13.9. The van der Waals surface area contributed by atoms with E-state index in [1.165, 1.54) is 49.7 Å². The van der Waals surface area contributed by atoms with Crippen molar-refractivity contribution in [1.82, 2.24) is 0 Å². The molecule has 10 heteroatoms. The molecule has 2 rings (SSSR count). The van der Waals surface area contributed by atoms with Gasteiger partial charge in [0.1, 0.15) is 0 Å². The lowest BCUT2D eigenvalue weighted by molar-refractivity contribution is 0.361. The van der Waals surface area contributed by atoms with Crippen LogP contribution in [0.5, 0.6) is 0 Å². The lowest BCUT2D eigenvalue weighted by atomic mass is 10.1. The highest BCUT2D eigenvalue weighted by Crippen LogP contribution is 2.27. The Bertz CT molecular complexity index is 641. The summed E-state index contributed by atoms with van der Waals surface area (Å²) >= 11 is 7.21. The van der Waals surface area contributed by atoms with Crippen LogP contribution in [0.3, 0.4) is 0 Å². The Morgan fingerprint density at radius 2 is 0.800 bits per heavy atom. The van der Waals surface area contributed by atoms with E-state index >= 15 is 0 Å². The summed E-state index contributed by atoms with van der Waals surface area (Å²) in [5.41, 5.74) is 2.92. The van der Waals surface area contributed by atoms with E-state index in [0.717, 1.165) is 0 Å². The molecule has 0 aliphatic heterocycles. The SMILES string of the molecule is CCCCc1ccccc1.CCCCc1ccccc1.OP(O)(O)=S.OP(O)(O)=S. The molecule has 0 aliphatic carbocycles. The Morgan fingerprint density at radius 1 is 0.567 bits per heavy atom. The minimum absolute atomic E-state index is 1.23. The molecule has 2 aromatic carbocycles. The zero-order chi connectivity index (χ0) is 23.5. The Labute approximate surface area is 190 Å². The molecule has 0 heterocycles. The number of hydrogen-bond donors (Lipinski definition) is 6. The van der Waals surface area contributed by atoms with Crippen LogP contribution in [0.25, 0.3) is 0 Å². The number of benzene rings is 2. The summed E-state index contributed by atoms with van der Waals surface area (Å²) in [6.45, 7) is -3.16. The predicted molar refractivity (Wildman–Crippen MR) is 132 cm³/mol. The maximum Gasteiger partial charge on any atom is 0.319 e. The second kappa shape index (κ2) is 19.2. The molecule has 0 unspecified atom stereocenters. The molecular formula is C20H34O6P2S2. The normalized spacial score (nSPS) is 10.4. The van der Waals surface area contributed by atoms with E-state index in [4.69, 9.17) is 29.4 Å². The second-order valence-electron chi connectivity index (χ2n) is 6.20. The van der Waals surface area contributed by atoms with Crippen LogP contribution >= 0.6 is 13.4 Å². The molecule has 0 radical (unpaired) electrons. The van der Waals surface area contributed by atoms with Crippen LogP contribution in [0, 0.1) is 0 Å². The van der Waals surface area contributed by atoms with Gasteiger partial charge in [0, 0.05) is 0 Å². The van der Waals surface area contributed by atoms with Gasteiger partial charge in [0.25, 0.3) is 0 Å². The van der Waals surface area contributed by atoms with Crippen molar-refractivity contribution < 1.29 is 29.4 Å². The van der Waals surface area contributed by atoms with E-state index in [9.17, 15) is 0 Å². The maximum absolute atomic E-state index is 7.56. The molecule has 0 bridgehead atoms. The van der Waals surface area contributed by atoms with E-state index in [2.05, 4.69) is 98.1 Å². The molecule has 172 valence electrons. The largest absolute Gasteiger partial charge is 0.325 e. The fraction of sp³-hybridized carbons (Fsp3) is 0.400. The fourth-order valence-electron chi connectivity index (χ4n) is 2.05. The monoisotopic (exact) mass is 496 g/mol. The van der Waals surface area contributed by atoms with Crippen molar-refractivity contribution in [3.8, 4) is 0 Å². The molecule has 0 atom stereocenters. The van der Waals surface area contributed by atoms with Gasteiger partial charge in [-0.3, -0.25) is 0 Å². The quantitative estimate of drug-likeness (QED) is 0.325. The fourth-order valence-corrected chi connectivity index (χ4v) is 2.05. The van der Waals surface area contributed by atoms with Crippen LogP contribution in [0.15, 0.2) is 60.7 Å². The molecule has 0 saturated carbocycles. The van der Waals surface area contributed by atoms with Crippen molar-refractivity contribution in [3.05, 3.63) is 71.8 Å². The zero-order valence-corrected chi connectivity index (χ0v) is 20.8. The Morgan fingerprint density at radius 3 is 1.00 bits per heavy atom. The standard InChI is InChI=1S/2C10H14.2H3O3PS/c2*1-2-3-7-10-8-5-4-6-9-10;2*1-4(2,3)5/h2*4-6,8-9H,2-3,7H2,1H3;2*(H3,1,2,3,5). The van der Waals surface area contributed by atoms with Gasteiger partial charge < -0.3 is 29.4 Å². The first kappa shape index (κ1) is 31.7. The van der Waals surface area contributed by atoms with Gasteiger partial charge in [-0.2, -0.15) is 0 Å². The van der Waals surface area contributed by atoms with E-state index in [0.29, 0.717) is 0 Å². The number of rotatable bonds is 6. The molecule has 0 fully saturated rings. The van der Waals surface area contributed by atoms with Crippen LogP contribution in [0.4, 0.5) is 0 Å². The highest BCUT2D eigenvalue weighted by atomic mass is 32.5. The van der Waals surface area contributed by atoms with Crippen molar-refractivity contribution in [2.45, 2.75) is 52.4 Å². The molecule has 0 aliphatic rings. The third-order valence-corrected chi connectivity index (χ3v) is 3.32. The minimum atomic E-state index is -3.81. The van der Waals surface area contributed by atoms with E-state index in [1.54, 1.807) is 0 Å². The van der Waals surface area contributed by atoms with Crippen LogP contribution < -0.4 is 0 Å². The zero-order valence-electron chi connectivity index (χ0n) is 17.4. The predicted octanol–water partition coefficient (Wildman–Crippen LogP) is 4.43. The van der Waals surface area contributed by atoms with Crippen molar-refractivity contribution in [3.63, 3.8) is 0 Å². The van der Waals surface area contributed by atoms with Gasteiger partial charge in [0.05, 0.1) is 0 Å². The number of unbranched alkanes of at least 4 members (excludes halogenated alkanes) is 2. The van der Waals surface area contributed by atoms with Crippen molar-refractivity contribution in [1.29, 1.82) is 0 Å². The molecule has 30 heavy (non-hydrogen) atoms. The first-order valence-electron chi connectivity index (χ1n) is 9.51. The maximum atomic E-state index is 7.56. The molecule has 6 N–H and O–H groups in total. The van der Waals surface area contributed by atoms with Gasteiger partial charge in [-0.1, -0.05) is 87.4 Å². The average Bonchev–Trinajstić information content (AvgIpc) is 2.64. The lowest BCUT2D eigenvalue weighted by Crippen LogP contribution is -1.81. The summed E-state index contributed by atoms with van der Waals surface area (Å²) in [7, 11) is 0. The van der Waals surface area contributed by atoms with Gasteiger partial charge in [0.2, 0.25) is 0 Å². The Balaban J connectivity index is 0. The molecule has 0 spiro atoms. The molecule has 6 nitrogen and oxygen atoms in total. The summed E-state index contributed by atoms with van der Waals surface area (Å²) in [6.07, 6.45) is 7.66. The number of hydrogen-bond acceptors (Lipinski definition) is 2. The average molecular weight is 497 g/mol. The van der Waals surface area contributed by atoms with Crippen LogP contribution in [0.2, 0.25) is 0 Å². The van der Waals surface area contributed by atoms with Crippen LogP contribution in [-0.4, -0.2) is 29.4 Å². The highest BCUT2D eigenvalue weighted by molar-refractivity contribution is 8.06. The summed E-state index contributed by atoms with van der Waals surface area (Å²) in [4.78, 5) is 45.3. The Kier molecular flexibility index (Phi) is 20.3. The molecule has 0 saturated heterocycles. The minimum Gasteiger partial charge on any atom is -0.325 e. The molecule has 0 amide bonds. The smallest absolute Gasteiger partial charge is 0.319 e. The van der Waals surface area contributed by atoms with Gasteiger partial charge in [0.15, 0.2) is 0 Å². The summed E-state index contributed by atoms with van der Waals surface area (Å²) in [5, 5.41) is 0. The van der Waals surface area contributed by atoms with Crippen molar-refractivity contribution in [2.24, 2.45) is 0 Å². The van der Waals surface area contributed by atoms with E-state index < -0.39 is 13.4 Å². The Hall–Kier alpha value is -0.500. The third-order valence-electron chi connectivity index (χ3n) is 3.32. The summed E-state index contributed by atoms with van der Waals surface area (Å²) < 4.78 is 0. The van der Waals surface area contributed by atoms with Gasteiger partial charge >= 0.3 is 13.4 Å². The van der Waals surface area contributed by atoms with Crippen LogP contribution in [0.1, 0.15) is 50.7 Å². The number of aryl methyl sites for hydroxylation is 2. The highest BCUT2D eigenvalue weighted by Gasteiger charge is 1.93. The van der Waals surface area contributed by atoms with Gasteiger partial charge in [-0.15, -0.1) is 0 Å². The second-order valence-corrected chi connectivity index (χ2v) is 11.2. The van der Waals surface area contributed by atoms with Gasteiger partial charge in [-0.05, 0) is 60.4 Å². The van der Waals surface area contributed by atoms with Gasteiger partial charge in [-0.25, -0.2) is 0 Å². The summed E-state index contributed by atoms with van der Waals surface area (Å²) in [6, 6.07) is 21.3. The third kappa shape index (κ3) is 35.0. The van der Waals surface area contributed by atoms with Crippen molar-refractivity contribution >= 4 is 37.1 Å². The van der Waals surface area contributed by atoms with Crippen LogP contribution in [-0.2, 0) is 36.5 Å². The summed E-state index contributed by atoms with van der Waals surface area (Å²) in [5.74, 6) is 0. The lowest BCUT2D eigenvalue weighted by Gasteiger charge is -1.96. The first-order valence-corrected chi connectivity index (χ1v) is 14.8. The van der Waals surface area contributed by atoms with E-state index in [1.807, 2.05) is 0 Å². The molecular weight excluding hydrogens is 462 g/mol.